The monoisotopic (exact) mass is 487 g/mol. The molecule has 2 aromatic rings. The first kappa shape index (κ1) is 25.7. The number of benzene rings is 2. The number of hydrogen-bond donors (Lipinski definition) is 4. The number of hydrogen-bond acceptors (Lipinski definition) is 5. The summed E-state index contributed by atoms with van der Waals surface area (Å²) in [5.74, 6) is 4.68. The summed E-state index contributed by atoms with van der Waals surface area (Å²) in [6.07, 6.45) is 1.38. The Morgan fingerprint density at radius 2 is 1.76 bits per heavy atom. The molecule has 0 aliphatic heterocycles. The zero-order valence-electron chi connectivity index (χ0n) is 19.2. The van der Waals surface area contributed by atoms with Crippen molar-refractivity contribution >= 4 is 21.6 Å². The fourth-order valence-electron chi connectivity index (χ4n) is 3.93. The number of rotatable bonds is 6. The lowest BCUT2D eigenvalue weighted by Crippen LogP contribution is -2.41. The molecule has 1 amide bonds. The number of nitrogens with one attached hydrogen (secondary N) is 2. The van der Waals surface area contributed by atoms with Crippen molar-refractivity contribution < 1.29 is 22.7 Å². The summed E-state index contributed by atoms with van der Waals surface area (Å²) >= 11 is 0. The Balaban J connectivity index is 1.55. The van der Waals surface area contributed by atoms with Crippen LogP contribution < -0.4 is 15.8 Å². The molecule has 1 fully saturated rings. The predicted molar refractivity (Wildman–Crippen MR) is 128 cm³/mol. The van der Waals surface area contributed by atoms with Crippen LogP contribution in [0.5, 0.6) is 0 Å². The lowest BCUT2D eigenvalue weighted by molar-refractivity contribution is -0.126. The summed E-state index contributed by atoms with van der Waals surface area (Å²) < 4.78 is 41.5. The third-order valence-electron chi connectivity index (χ3n) is 5.90. The lowest BCUT2D eigenvalue weighted by atomic mass is 9.85. The van der Waals surface area contributed by atoms with Crippen molar-refractivity contribution in [1.82, 2.24) is 10.0 Å². The fourth-order valence-corrected chi connectivity index (χ4v) is 5.27. The maximum atomic E-state index is 13.1. The first-order valence-corrected chi connectivity index (χ1v) is 12.7. The van der Waals surface area contributed by atoms with Gasteiger partial charge in [-0.3, -0.25) is 4.79 Å². The minimum Gasteiger partial charge on any atom is -0.398 e. The molecule has 1 saturated carbocycles. The minimum absolute atomic E-state index is 0.0422. The van der Waals surface area contributed by atoms with Crippen LogP contribution in [0.1, 0.15) is 56.7 Å². The molecule has 0 saturated heterocycles. The smallest absolute Gasteiger partial charge is 0.240 e. The summed E-state index contributed by atoms with van der Waals surface area (Å²) in [6, 6.07) is 9.78. The van der Waals surface area contributed by atoms with Crippen molar-refractivity contribution in [3.63, 3.8) is 0 Å². The third kappa shape index (κ3) is 6.79. The first-order chi connectivity index (χ1) is 16.0. The van der Waals surface area contributed by atoms with Gasteiger partial charge in [-0.15, -0.1) is 0 Å². The van der Waals surface area contributed by atoms with Gasteiger partial charge in [0.15, 0.2) is 0 Å². The van der Waals surface area contributed by atoms with E-state index < -0.39 is 16.1 Å². The van der Waals surface area contributed by atoms with Gasteiger partial charge in [0.05, 0.1) is 10.9 Å². The van der Waals surface area contributed by atoms with Crippen LogP contribution in [0.4, 0.5) is 10.1 Å². The number of nitrogens with two attached hydrogens (primary N) is 1. The lowest BCUT2D eigenvalue weighted by Gasteiger charge is -2.29. The molecular weight excluding hydrogens is 457 g/mol. The van der Waals surface area contributed by atoms with E-state index in [-0.39, 0.29) is 40.3 Å². The molecule has 5 N–H and O–H groups in total. The Hall–Kier alpha value is -2.93. The SMILES string of the molecule is CC(O)C#Cc1ccc(S(=O)(=O)NC2CCC(C(=O)N[C@H](C)c3ccc(F)cc3)CC2)cc1N. The van der Waals surface area contributed by atoms with Crippen LogP contribution in [-0.2, 0) is 14.8 Å². The average Bonchev–Trinajstić information content (AvgIpc) is 2.78. The number of halogens is 1. The van der Waals surface area contributed by atoms with Gasteiger partial charge in [-0.1, -0.05) is 24.0 Å². The Labute approximate surface area is 200 Å². The van der Waals surface area contributed by atoms with E-state index in [1.807, 2.05) is 6.92 Å². The molecule has 0 heterocycles. The molecule has 1 aliphatic rings. The van der Waals surface area contributed by atoms with Crippen LogP contribution >= 0.6 is 0 Å². The van der Waals surface area contributed by atoms with Gasteiger partial charge < -0.3 is 16.2 Å². The quantitative estimate of drug-likeness (QED) is 0.369. The van der Waals surface area contributed by atoms with Gasteiger partial charge in [-0.25, -0.2) is 17.5 Å². The number of aliphatic hydroxyl groups is 1. The van der Waals surface area contributed by atoms with E-state index in [1.165, 1.54) is 37.3 Å². The van der Waals surface area contributed by atoms with Crippen LogP contribution in [0.25, 0.3) is 0 Å². The molecule has 0 radical (unpaired) electrons. The van der Waals surface area contributed by atoms with Crippen molar-refractivity contribution in [1.29, 1.82) is 0 Å². The van der Waals surface area contributed by atoms with Crippen molar-refractivity contribution in [3.05, 3.63) is 59.4 Å². The molecule has 1 aliphatic carbocycles. The van der Waals surface area contributed by atoms with Gasteiger partial charge in [0.1, 0.15) is 11.9 Å². The Bertz CT molecular complexity index is 1180. The summed E-state index contributed by atoms with van der Waals surface area (Å²) in [5, 5.41) is 12.2. The van der Waals surface area contributed by atoms with E-state index in [0.717, 1.165) is 5.56 Å². The largest absolute Gasteiger partial charge is 0.398 e. The maximum Gasteiger partial charge on any atom is 0.240 e. The molecule has 2 aromatic carbocycles. The zero-order valence-corrected chi connectivity index (χ0v) is 20.0. The van der Waals surface area contributed by atoms with E-state index in [1.54, 1.807) is 12.1 Å². The van der Waals surface area contributed by atoms with Gasteiger partial charge in [0.2, 0.25) is 15.9 Å². The summed E-state index contributed by atoms with van der Waals surface area (Å²) in [7, 11) is -3.79. The Kier molecular flexibility index (Phi) is 8.31. The molecule has 7 nitrogen and oxygen atoms in total. The number of nitrogen functional groups attached to an aromatic ring is 1. The van der Waals surface area contributed by atoms with Gasteiger partial charge in [0.25, 0.3) is 0 Å². The number of sulfonamides is 1. The fraction of sp³-hybridized carbons (Fsp3) is 0.400. The third-order valence-corrected chi connectivity index (χ3v) is 7.42. The molecular formula is C25H30FN3O4S. The van der Waals surface area contributed by atoms with E-state index in [9.17, 15) is 22.7 Å². The molecule has 0 aromatic heterocycles. The number of aliphatic hydroxyl groups excluding tert-OH is 1. The van der Waals surface area contributed by atoms with Crippen molar-refractivity contribution in [2.75, 3.05) is 5.73 Å². The number of anilines is 1. The molecule has 34 heavy (non-hydrogen) atoms. The Morgan fingerprint density at radius 1 is 1.12 bits per heavy atom. The van der Waals surface area contributed by atoms with E-state index >= 15 is 0 Å². The van der Waals surface area contributed by atoms with Crippen LogP contribution in [-0.4, -0.2) is 31.6 Å². The van der Waals surface area contributed by atoms with Gasteiger partial charge >= 0.3 is 0 Å². The maximum absolute atomic E-state index is 13.1. The predicted octanol–water partition coefficient (Wildman–Crippen LogP) is 2.85. The van der Waals surface area contributed by atoms with Gasteiger partial charge in [-0.05, 0) is 75.4 Å². The second-order valence-electron chi connectivity index (χ2n) is 8.65. The topological polar surface area (TPSA) is 122 Å². The van der Waals surface area contributed by atoms with E-state index in [4.69, 9.17) is 5.73 Å². The molecule has 0 spiro atoms. The molecule has 1 unspecified atom stereocenters. The van der Waals surface area contributed by atoms with Crippen LogP contribution in [0.2, 0.25) is 0 Å². The molecule has 2 atom stereocenters. The van der Waals surface area contributed by atoms with Crippen molar-refractivity contribution in [3.8, 4) is 11.8 Å². The average molecular weight is 488 g/mol. The van der Waals surface area contributed by atoms with Crippen molar-refractivity contribution in [2.45, 2.75) is 62.6 Å². The summed E-state index contributed by atoms with van der Waals surface area (Å²) in [6.45, 7) is 3.37. The number of carbonyl (C=O) groups is 1. The minimum atomic E-state index is -3.79. The van der Waals surface area contributed by atoms with Crippen molar-refractivity contribution in [2.24, 2.45) is 5.92 Å². The van der Waals surface area contributed by atoms with Gasteiger partial charge in [0, 0.05) is 23.2 Å². The van der Waals surface area contributed by atoms with E-state index in [0.29, 0.717) is 31.2 Å². The highest BCUT2D eigenvalue weighted by molar-refractivity contribution is 7.89. The first-order valence-electron chi connectivity index (χ1n) is 11.2. The second kappa shape index (κ2) is 11.0. The number of amides is 1. The van der Waals surface area contributed by atoms with Crippen LogP contribution in [0.15, 0.2) is 47.4 Å². The highest BCUT2D eigenvalue weighted by Crippen LogP contribution is 2.27. The molecule has 3 rings (SSSR count). The molecule has 9 heteroatoms. The molecule has 0 bridgehead atoms. The molecule has 182 valence electrons. The van der Waals surface area contributed by atoms with Crippen LogP contribution in [0.3, 0.4) is 0 Å². The number of carbonyl (C=O) groups excluding carboxylic acids is 1. The standard InChI is InChI=1S/C25H30FN3O4S/c1-16(30)3-4-19-9-14-23(15-24(19)27)34(32,33)29-22-12-7-20(8-13-22)25(31)28-17(2)18-5-10-21(26)11-6-18/h5-6,9-11,14-17,20,22,29-30H,7-8,12-13,27H2,1-2H3,(H,28,31)/t16?,17-,20?,22?/m1/s1. The summed E-state index contributed by atoms with van der Waals surface area (Å²) in [4.78, 5) is 12.7. The normalized spacial score (nSPS) is 20.0. The van der Waals surface area contributed by atoms with Crippen LogP contribution in [0, 0.1) is 23.6 Å². The summed E-state index contributed by atoms with van der Waals surface area (Å²) in [5.41, 5.74) is 7.42. The highest BCUT2D eigenvalue weighted by Gasteiger charge is 2.30. The highest BCUT2D eigenvalue weighted by atomic mass is 32.2. The Morgan fingerprint density at radius 3 is 2.35 bits per heavy atom. The van der Waals surface area contributed by atoms with E-state index in [2.05, 4.69) is 21.9 Å². The second-order valence-corrected chi connectivity index (χ2v) is 10.4. The zero-order chi connectivity index (χ0) is 24.9. The van der Waals surface area contributed by atoms with Gasteiger partial charge in [-0.2, -0.15) is 0 Å².